The molecule has 0 fully saturated rings. The molecule has 3 nitrogen and oxygen atoms in total. The fourth-order valence-electron chi connectivity index (χ4n) is 1.79. The predicted molar refractivity (Wildman–Crippen MR) is 81.1 cm³/mol. The van der Waals surface area contributed by atoms with E-state index in [0.29, 0.717) is 11.5 Å². The predicted octanol–water partition coefficient (Wildman–Crippen LogP) is 2.38. The van der Waals surface area contributed by atoms with Gasteiger partial charge >= 0.3 is 0 Å². The number of aliphatic hydroxyl groups excluding tert-OH is 1. The number of para-hydroxylation sites is 1. The second-order valence-electron chi connectivity index (χ2n) is 4.51. The lowest BCUT2D eigenvalue weighted by Gasteiger charge is -2.12. The fraction of sp³-hybridized carbons (Fsp3) is 0.250. The van der Waals surface area contributed by atoms with Gasteiger partial charge in [0.15, 0.2) is 0 Å². The summed E-state index contributed by atoms with van der Waals surface area (Å²) in [6.07, 6.45) is -0.722. The summed E-state index contributed by atoms with van der Waals surface area (Å²) in [4.78, 5) is 0. The van der Waals surface area contributed by atoms with Crippen molar-refractivity contribution in [2.24, 2.45) is 0 Å². The van der Waals surface area contributed by atoms with Crippen molar-refractivity contribution in [1.29, 1.82) is 0 Å². The average molecular weight is 290 g/mol. The minimum atomic E-state index is -1.09. The van der Waals surface area contributed by atoms with Gasteiger partial charge in [-0.2, -0.15) is 0 Å². The van der Waals surface area contributed by atoms with Crippen LogP contribution >= 0.6 is 0 Å². The highest BCUT2D eigenvalue weighted by molar-refractivity contribution is 7.84. The van der Waals surface area contributed by atoms with Crippen molar-refractivity contribution in [2.45, 2.75) is 11.9 Å². The molecule has 0 radical (unpaired) electrons. The zero-order valence-electron chi connectivity index (χ0n) is 11.1. The molecule has 0 saturated carbocycles. The molecule has 0 aliphatic carbocycles. The first-order chi connectivity index (χ1) is 9.74. The topological polar surface area (TPSA) is 46.5 Å². The SMILES string of the molecule is O=[S@](Cc1ccccc1)C[C@@H](O)COc1ccccc1. The number of benzene rings is 2. The van der Waals surface area contributed by atoms with Gasteiger partial charge in [0.05, 0.1) is 11.9 Å². The smallest absolute Gasteiger partial charge is 0.119 e. The van der Waals surface area contributed by atoms with Crippen LogP contribution < -0.4 is 4.74 Å². The Balaban J connectivity index is 1.74. The lowest BCUT2D eigenvalue weighted by Crippen LogP contribution is -2.24. The molecule has 0 aromatic heterocycles. The molecule has 20 heavy (non-hydrogen) atoms. The third-order valence-corrected chi connectivity index (χ3v) is 4.15. The van der Waals surface area contributed by atoms with E-state index in [-0.39, 0.29) is 12.4 Å². The monoisotopic (exact) mass is 290 g/mol. The summed E-state index contributed by atoms with van der Waals surface area (Å²) in [5.41, 5.74) is 1.02. The lowest BCUT2D eigenvalue weighted by atomic mass is 10.2. The molecule has 0 unspecified atom stereocenters. The molecule has 1 N–H and O–H groups in total. The Kier molecular flexibility index (Phi) is 5.77. The lowest BCUT2D eigenvalue weighted by molar-refractivity contribution is 0.125. The summed E-state index contributed by atoms with van der Waals surface area (Å²) in [5, 5.41) is 9.84. The van der Waals surface area contributed by atoms with E-state index in [1.54, 1.807) is 0 Å². The summed E-state index contributed by atoms with van der Waals surface area (Å²) in [6.45, 7) is 0.157. The van der Waals surface area contributed by atoms with E-state index in [0.717, 1.165) is 5.56 Å². The van der Waals surface area contributed by atoms with E-state index >= 15 is 0 Å². The Morgan fingerprint density at radius 2 is 1.60 bits per heavy atom. The van der Waals surface area contributed by atoms with Crippen LogP contribution in [0.5, 0.6) is 5.75 Å². The van der Waals surface area contributed by atoms with Crippen molar-refractivity contribution in [2.75, 3.05) is 12.4 Å². The quantitative estimate of drug-likeness (QED) is 0.851. The first-order valence-corrected chi connectivity index (χ1v) is 7.97. The first kappa shape index (κ1) is 14.8. The Morgan fingerprint density at radius 3 is 2.25 bits per heavy atom. The Bertz CT molecular complexity index is 528. The van der Waals surface area contributed by atoms with Crippen molar-refractivity contribution in [1.82, 2.24) is 0 Å². The van der Waals surface area contributed by atoms with Gasteiger partial charge in [0.2, 0.25) is 0 Å². The number of hydrogen-bond acceptors (Lipinski definition) is 3. The van der Waals surface area contributed by atoms with E-state index in [1.165, 1.54) is 0 Å². The molecule has 0 spiro atoms. The van der Waals surface area contributed by atoms with Gasteiger partial charge < -0.3 is 9.84 Å². The normalized spacial score (nSPS) is 13.7. The molecular formula is C16H18O3S. The zero-order chi connectivity index (χ0) is 14.2. The summed E-state index contributed by atoms with van der Waals surface area (Å²) in [5.74, 6) is 1.39. The van der Waals surface area contributed by atoms with Gasteiger partial charge in [0, 0.05) is 16.6 Å². The number of rotatable bonds is 7. The standard InChI is InChI=1S/C16H18O3S/c17-15(11-19-16-9-5-2-6-10-16)13-20(18)12-14-7-3-1-4-8-14/h1-10,15,17H,11-13H2/t15-,20+/m0/s1. The van der Waals surface area contributed by atoms with E-state index in [1.807, 2.05) is 60.7 Å². The van der Waals surface area contributed by atoms with Crippen molar-refractivity contribution < 1.29 is 14.1 Å². The maximum Gasteiger partial charge on any atom is 0.119 e. The van der Waals surface area contributed by atoms with Gasteiger partial charge in [-0.15, -0.1) is 0 Å². The summed E-state index contributed by atoms with van der Waals surface area (Å²) < 4.78 is 17.4. The van der Waals surface area contributed by atoms with Gasteiger partial charge in [-0.1, -0.05) is 48.5 Å². The van der Waals surface area contributed by atoms with Crippen LogP contribution in [0.25, 0.3) is 0 Å². The molecule has 0 heterocycles. The van der Waals surface area contributed by atoms with Crippen molar-refractivity contribution >= 4 is 10.8 Å². The van der Waals surface area contributed by atoms with Crippen molar-refractivity contribution in [3.05, 3.63) is 66.2 Å². The first-order valence-electron chi connectivity index (χ1n) is 6.49. The molecule has 0 amide bonds. The Morgan fingerprint density at radius 1 is 1.00 bits per heavy atom. The van der Waals surface area contributed by atoms with Gasteiger partial charge in [-0.05, 0) is 17.7 Å². The molecule has 2 atom stereocenters. The molecule has 2 aromatic rings. The van der Waals surface area contributed by atoms with Gasteiger partial charge in [0.25, 0.3) is 0 Å². The van der Waals surface area contributed by atoms with Crippen LogP contribution in [0.4, 0.5) is 0 Å². The Labute approximate surface area is 121 Å². The van der Waals surface area contributed by atoms with E-state index in [9.17, 15) is 9.32 Å². The molecule has 0 aliphatic heterocycles. The summed E-state index contributed by atoms with van der Waals surface area (Å²) in [6, 6.07) is 18.9. The molecule has 0 aliphatic rings. The van der Waals surface area contributed by atoms with Crippen LogP contribution in [0.1, 0.15) is 5.56 Å². The molecule has 2 aromatic carbocycles. The zero-order valence-corrected chi connectivity index (χ0v) is 12.0. The van der Waals surface area contributed by atoms with Gasteiger partial charge in [-0.25, -0.2) is 0 Å². The van der Waals surface area contributed by atoms with Crippen LogP contribution in [-0.4, -0.2) is 27.8 Å². The van der Waals surface area contributed by atoms with Crippen LogP contribution in [0.3, 0.4) is 0 Å². The minimum Gasteiger partial charge on any atom is -0.491 e. The maximum absolute atomic E-state index is 11.9. The second kappa shape index (κ2) is 7.82. The number of ether oxygens (including phenoxy) is 1. The molecule has 2 rings (SSSR count). The van der Waals surface area contributed by atoms with Crippen LogP contribution in [0, 0.1) is 0 Å². The van der Waals surface area contributed by atoms with Crippen LogP contribution in [0.2, 0.25) is 0 Å². The molecule has 106 valence electrons. The third kappa shape index (κ3) is 5.15. The molecule has 4 heteroatoms. The van der Waals surface area contributed by atoms with Crippen LogP contribution in [-0.2, 0) is 16.6 Å². The average Bonchev–Trinajstić information content (AvgIpc) is 2.47. The van der Waals surface area contributed by atoms with Crippen LogP contribution in [0.15, 0.2) is 60.7 Å². The Hall–Kier alpha value is -1.65. The summed E-state index contributed by atoms with van der Waals surface area (Å²) in [7, 11) is -1.09. The second-order valence-corrected chi connectivity index (χ2v) is 6.02. The van der Waals surface area contributed by atoms with Gasteiger partial charge in [-0.3, -0.25) is 4.21 Å². The van der Waals surface area contributed by atoms with Crippen molar-refractivity contribution in [3.8, 4) is 5.75 Å². The van der Waals surface area contributed by atoms with E-state index < -0.39 is 16.9 Å². The number of aliphatic hydroxyl groups is 1. The molecule has 0 bridgehead atoms. The van der Waals surface area contributed by atoms with Gasteiger partial charge in [0.1, 0.15) is 12.4 Å². The van der Waals surface area contributed by atoms with Crippen molar-refractivity contribution in [3.63, 3.8) is 0 Å². The molecule has 0 saturated heterocycles. The largest absolute Gasteiger partial charge is 0.491 e. The highest BCUT2D eigenvalue weighted by Gasteiger charge is 2.11. The summed E-state index contributed by atoms with van der Waals surface area (Å²) >= 11 is 0. The third-order valence-electron chi connectivity index (χ3n) is 2.73. The maximum atomic E-state index is 11.9. The number of hydrogen-bond donors (Lipinski definition) is 1. The van der Waals surface area contributed by atoms with E-state index in [2.05, 4.69) is 0 Å². The highest BCUT2D eigenvalue weighted by Crippen LogP contribution is 2.09. The minimum absolute atomic E-state index is 0.157. The molecular weight excluding hydrogens is 272 g/mol. The van der Waals surface area contributed by atoms with E-state index in [4.69, 9.17) is 4.74 Å². The highest BCUT2D eigenvalue weighted by atomic mass is 32.2. The fourth-order valence-corrected chi connectivity index (χ4v) is 3.00.